The van der Waals surface area contributed by atoms with Crippen LogP contribution in [0.25, 0.3) is 0 Å². The van der Waals surface area contributed by atoms with Crippen LogP contribution in [0.3, 0.4) is 0 Å². The molecule has 2 aromatic rings. The van der Waals surface area contributed by atoms with E-state index in [-0.39, 0.29) is 0 Å². The summed E-state index contributed by atoms with van der Waals surface area (Å²) in [6, 6.07) is 18.0. The summed E-state index contributed by atoms with van der Waals surface area (Å²) in [7, 11) is 0. The molecule has 0 spiro atoms. The van der Waals surface area contributed by atoms with Crippen molar-refractivity contribution < 1.29 is 0 Å². The number of nitrogens with zero attached hydrogens (tertiary/aromatic N) is 2. The average molecular weight is 281 g/mol. The van der Waals surface area contributed by atoms with Gasteiger partial charge in [0.25, 0.3) is 0 Å². The van der Waals surface area contributed by atoms with Crippen LogP contribution in [0.2, 0.25) is 0 Å². The Morgan fingerprint density at radius 2 is 1.95 bits per heavy atom. The Kier molecular flexibility index (Phi) is 4.32. The zero-order chi connectivity index (χ0) is 14.7. The lowest BCUT2D eigenvalue weighted by molar-refractivity contribution is 0.126. The Bertz CT molecular complexity index is 582. The maximum Gasteiger partial charge on any atom is 0.0547 e. The van der Waals surface area contributed by atoms with Gasteiger partial charge in [-0.3, -0.25) is 9.88 Å². The van der Waals surface area contributed by atoms with Crippen LogP contribution in [0.1, 0.15) is 29.9 Å². The fraction of sp³-hybridized carbons (Fsp3) is 0.389. The SMILES string of the molecule is Cc1cccc(CN2CC(C)NCC2c2ccccc2)n1. The Labute approximate surface area is 127 Å². The Morgan fingerprint density at radius 3 is 2.71 bits per heavy atom. The van der Waals surface area contributed by atoms with Crippen molar-refractivity contribution in [3.05, 3.63) is 65.5 Å². The Balaban J connectivity index is 1.82. The van der Waals surface area contributed by atoms with Crippen LogP contribution in [0.4, 0.5) is 0 Å². The summed E-state index contributed by atoms with van der Waals surface area (Å²) in [5, 5.41) is 3.60. The van der Waals surface area contributed by atoms with Crippen LogP contribution in [0, 0.1) is 6.92 Å². The van der Waals surface area contributed by atoms with Gasteiger partial charge >= 0.3 is 0 Å². The van der Waals surface area contributed by atoms with Crippen LogP contribution in [0.15, 0.2) is 48.5 Å². The molecule has 0 saturated carbocycles. The van der Waals surface area contributed by atoms with Crippen molar-refractivity contribution in [2.75, 3.05) is 13.1 Å². The second-order valence-corrected chi connectivity index (χ2v) is 5.94. The quantitative estimate of drug-likeness (QED) is 0.937. The molecule has 0 bridgehead atoms. The molecule has 1 aromatic heterocycles. The molecule has 3 rings (SSSR count). The van der Waals surface area contributed by atoms with Crippen molar-refractivity contribution >= 4 is 0 Å². The highest BCUT2D eigenvalue weighted by atomic mass is 15.2. The summed E-state index contributed by atoms with van der Waals surface area (Å²) in [5.74, 6) is 0. The first-order valence-electron chi connectivity index (χ1n) is 7.67. The summed E-state index contributed by atoms with van der Waals surface area (Å²) in [5.41, 5.74) is 3.63. The van der Waals surface area contributed by atoms with E-state index >= 15 is 0 Å². The predicted octanol–water partition coefficient (Wildman–Crippen LogP) is 2.93. The van der Waals surface area contributed by atoms with Crippen LogP contribution in [-0.2, 0) is 6.54 Å². The summed E-state index contributed by atoms with van der Waals surface area (Å²) in [6.45, 7) is 7.26. The largest absolute Gasteiger partial charge is 0.311 e. The minimum Gasteiger partial charge on any atom is -0.311 e. The maximum atomic E-state index is 4.66. The molecule has 2 atom stereocenters. The summed E-state index contributed by atoms with van der Waals surface area (Å²) in [6.07, 6.45) is 0. The molecule has 0 aliphatic carbocycles. The fourth-order valence-corrected chi connectivity index (χ4v) is 3.06. The molecule has 1 saturated heterocycles. The second kappa shape index (κ2) is 6.37. The Hall–Kier alpha value is -1.71. The van der Waals surface area contributed by atoms with E-state index in [1.807, 2.05) is 0 Å². The van der Waals surface area contributed by atoms with Gasteiger partial charge in [-0.1, -0.05) is 36.4 Å². The second-order valence-electron chi connectivity index (χ2n) is 5.94. The monoisotopic (exact) mass is 281 g/mol. The molecule has 0 amide bonds. The molecular weight excluding hydrogens is 258 g/mol. The number of benzene rings is 1. The number of nitrogens with one attached hydrogen (secondary N) is 1. The molecule has 0 radical (unpaired) electrons. The van der Waals surface area contributed by atoms with Crippen molar-refractivity contribution in [2.45, 2.75) is 32.5 Å². The minimum absolute atomic E-state index is 0.421. The normalized spacial score (nSPS) is 23.1. The molecule has 1 aliphatic heterocycles. The molecule has 2 heterocycles. The van der Waals surface area contributed by atoms with Crippen molar-refractivity contribution in [2.24, 2.45) is 0 Å². The molecule has 3 nitrogen and oxygen atoms in total. The van der Waals surface area contributed by atoms with E-state index < -0.39 is 0 Å². The minimum atomic E-state index is 0.421. The van der Waals surface area contributed by atoms with Gasteiger partial charge < -0.3 is 5.32 Å². The van der Waals surface area contributed by atoms with Gasteiger partial charge in [-0.05, 0) is 31.5 Å². The van der Waals surface area contributed by atoms with Gasteiger partial charge in [0, 0.05) is 37.4 Å². The fourth-order valence-electron chi connectivity index (χ4n) is 3.06. The van der Waals surface area contributed by atoms with Crippen LogP contribution in [-0.4, -0.2) is 29.0 Å². The summed E-state index contributed by atoms with van der Waals surface area (Å²) < 4.78 is 0. The Morgan fingerprint density at radius 1 is 1.14 bits per heavy atom. The van der Waals surface area contributed by atoms with Crippen molar-refractivity contribution in [3.8, 4) is 0 Å². The van der Waals surface area contributed by atoms with Gasteiger partial charge in [-0.2, -0.15) is 0 Å². The molecule has 21 heavy (non-hydrogen) atoms. The van der Waals surface area contributed by atoms with Crippen molar-refractivity contribution in [1.29, 1.82) is 0 Å². The van der Waals surface area contributed by atoms with Crippen LogP contribution >= 0.6 is 0 Å². The van der Waals surface area contributed by atoms with Crippen molar-refractivity contribution in [1.82, 2.24) is 15.2 Å². The van der Waals surface area contributed by atoms with E-state index in [0.29, 0.717) is 12.1 Å². The summed E-state index contributed by atoms with van der Waals surface area (Å²) >= 11 is 0. The lowest BCUT2D eigenvalue weighted by atomic mass is 10.0. The molecule has 110 valence electrons. The number of rotatable bonds is 3. The average Bonchev–Trinajstić information content (AvgIpc) is 2.48. The van der Waals surface area contributed by atoms with Gasteiger partial charge in [0.2, 0.25) is 0 Å². The number of piperazine rings is 1. The highest BCUT2D eigenvalue weighted by Crippen LogP contribution is 2.25. The first kappa shape index (κ1) is 14.2. The van der Waals surface area contributed by atoms with Crippen LogP contribution < -0.4 is 5.32 Å². The van der Waals surface area contributed by atoms with E-state index in [0.717, 1.165) is 31.0 Å². The van der Waals surface area contributed by atoms with E-state index in [1.165, 1.54) is 5.56 Å². The highest BCUT2D eigenvalue weighted by Gasteiger charge is 2.27. The number of hydrogen-bond donors (Lipinski definition) is 1. The molecule has 3 heteroatoms. The number of pyridine rings is 1. The summed E-state index contributed by atoms with van der Waals surface area (Å²) in [4.78, 5) is 7.20. The first-order valence-corrected chi connectivity index (χ1v) is 7.67. The third-order valence-corrected chi connectivity index (χ3v) is 4.10. The standard InChI is InChI=1S/C18H23N3/c1-14-7-6-10-17(20-14)13-21-12-15(2)19-11-18(21)16-8-4-3-5-9-16/h3-10,15,18-19H,11-13H2,1-2H3. The van der Waals surface area contributed by atoms with Crippen molar-refractivity contribution in [3.63, 3.8) is 0 Å². The van der Waals surface area contributed by atoms with Gasteiger partial charge in [0.1, 0.15) is 0 Å². The van der Waals surface area contributed by atoms with Gasteiger partial charge in [-0.25, -0.2) is 0 Å². The van der Waals surface area contributed by atoms with E-state index in [9.17, 15) is 0 Å². The van der Waals surface area contributed by atoms with Gasteiger partial charge in [0.15, 0.2) is 0 Å². The molecular formula is C18H23N3. The maximum absolute atomic E-state index is 4.66. The highest BCUT2D eigenvalue weighted by molar-refractivity contribution is 5.21. The van der Waals surface area contributed by atoms with Crippen LogP contribution in [0.5, 0.6) is 0 Å². The third-order valence-electron chi connectivity index (χ3n) is 4.10. The van der Waals surface area contributed by atoms with Gasteiger partial charge in [-0.15, -0.1) is 0 Å². The van der Waals surface area contributed by atoms with E-state index in [1.54, 1.807) is 0 Å². The molecule has 1 aliphatic rings. The lowest BCUT2D eigenvalue weighted by Gasteiger charge is -2.39. The third kappa shape index (κ3) is 3.49. The number of aromatic nitrogens is 1. The topological polar surface area (TPSA) is 28.2 Å². The molecule has 1 fully saturated rings. The lowest BCUT2D eigenvalue weighted by Crippen LogP contribution is -2.50. The molecule has 2 unspecified atom stereocenters. The number of hydrogen-bond acceptors (Lipinski definition) is 3. The van der Waals surface area contributed by atoms with E-state index in [4.69, 9.17) is 0 Å². The van der Waals surface area contributed by atoms with Gasteiger partial charge in [0.05, 0.1) is 5.69 Å². The zero-order valence-corrected chi connectivity index (χ0v) is 12.8. The first-order chi connectivity index (χ1) is 10.2. The molecule has 1 aromatic carbocycles. The zero-order valence-electron chi connectivity index (χ0n) is 12.8. The van der Waals surface area contributed by atoms with E-state index in [2.05, 4.69) is 77.6 Å². The smallest absolute Gasteiger partial charge is 0.0547 e. The molecule has 1 N–H and O–H groups in total. The number of aryl methyl sites for hydroxylation is 1. The predicted molar refractivity (Wildman–Crippen MR) is 86.0 cm³/mol.